The van der Waals surface area contributed by atoms with Crippen molar-refractivity contribution in [2.75, 3.05) is 18.5 Å². The Morgan fingerprint density at radius 2 is 1.62 bits per heavy atom. The molecule has 2 heterocycles. The number of carboxylic acids is 1. The van der Waals surface area contributed by atoms with Crippen LogP contribution < -0.4 is 15.9 Å². The molecule has 3 aromatic rings. The molecule has 3 atom stereocenters. The first-order chi connectivity index (χ1) is 22.5. The van der Waals surface area contributed by atoms with E-state index >= 15 is 0 Å². The molecule has 1 unspecified atom stereocenters. The second kappa shape index (κ2) is 16.1. The van der Waals surface area contributed by atoms with E-state index in [1.54, 1.807) is 45.0 Å². The number of nitrogens with zero attached hydrogens (tertiary/aromatic N) is 2. The van der Waals surface area contributed by atoms with Gasteiger partial charge in [0.2, 0.25) is 5.91 Å². The van der Waals surface area contributed by atoms with Gasteiger partial charge in [0.25, 0.3) is 5.91 Å². The zero-order valence-electron chi connectivity index (χ0n) is 26.0. The lowest BCUT2D eigenvalue weighted by Gasteiger charge is -2.29. The average molecular weight is 713 g/mol. The third kappa shape index (κ3) is 9.13. The maximum atomic E-state index is 13.7. The smallest absolute Gasteiger partial charge is 0.475 e. The molecule has 0 bridgehead atoms. The molecule has 2 aromatic carbocycles. The molecule has 4 amide bonds. The molecule has 48 heavy (non-hydrogen) atoms. The summed E-state index contributed by atoms with van der Waals surface area (Å²) >= 11 is 1.07. The molecule has 1 aromatic heterocycles. The number of imide groups is 1. The molecule has 1 saturated heterocycles. The molecule has 0 saturated carbocycles. The number of benzene rings is 2. The van der Waals surface area contributed by atoms with Gasteiger partial charge in [-0.15, -0.1) is 11.3 Å². The number of aromatic nitrogens is 1. The minimum Gasteiger partial charge on any atom is -0.475 e. The van der Waals surface area contributed by atoms with Crippen LogP contribution in [-0.4, -0.2) is 70.0 Å². The number of urea groups is 1. The van der Waals surface area contributed by atoms with E-state index in [1.807, 2.05) is 18.2 Å². The standard InChI is InChI=1S/C28H31N4O7PS.C2HF3O2/c1-5-38-40(37,39-6-2)21-14-12-20(13-15-21)23-26(35)32(28(36)30-23)24(17(3)19-10-8-7-9-11-19)25(34)31-27-29-22(16-41-27)18(4)33;3-2(4,5)1(6)7/h7-17,23-24H,5-6H2,1-4H3,(H,30,36)(H,29,31,34);(H,6,7)/t17-,23?,24-;/m0./s1. The van der Waals surface area contributed by atoms with Crippen LogP contribution in [0.2, 0.25) is 0 Å². The van der Waals surface area contributed by atoms with Crippen LogP contribution in [-0.2, 0) is 28.0 Å². The van der Waals surface area contributed by atoms with E-state index in [1.165, 1.54) is 24.4 Å². The van der Waals surface area contributed by atoms with E-state index in [0.717, 1.165) is 21.8 Å². The van der Waals surface area contributed by atoms with Crippen LogP contribution in [0.3, 0.4) is 0 Å². The Hall–Kier alpha value is -4.44. The monoisotopic (exact) mass is 712 g/mol. The van der Waals surface area contributed by atoms with Gasteiger partial charge >= 0.3 is 25.8 Å². The number of Topliss-reactive ketones (excluding diaryl/α,β-unsaturated/α-hetero) is 1. The zero-order valence-corrected chi connectivity index (χ0v) is 27.7. The van der Waals surface area contributed by atoms with Crippen LogP contribution >= 0.6 is 18.9 Å². The van der Waals surface area contributed by atoms with Crippen LogP contribution in [0, 0.1) is 0 Å². The molecule has 13 nitrogen and oxygen atoms in total. The topological polar surface area (TPSA) is 181 Å². The van der Waals surface area contributed by atoms with Crippen molar-refractivity contribution in [3.63, 3.8) is 0 Å². The van der Waals surface area contributed by atoms with Gasteiger partial charge in [-0.05, 0) is 37.1 Å². The number of carboxylic acid groups (broad SMARTS) is 1. The lowest BCUT2D eigenvalue weighted by atomic mass is 9.91. The number of hydrogen-bond acceptors (Lipinski definition) is 10. The van der Waals surface area contributed by atoms with Gasteiger partial charge in [0.05, 0.1) is 18.5 Å². The van der Waals surface area contributed by atoms with Crippen LogP contribution in [0.5, 0.6) is 0 Å². The maximum absolute atomic E-state index is 13.7. The largest absolute Gasteiger partial charge is 0.490 e. The van der Waals surface area contributed by atoms with Gasteiger partial charge in [-0.3, -0.25) is 18.9 Å². The predicted molar refractivity (Wildman–Crippen MR) is 168 cm³/mol. The summed E-state index contributed by atoms with van der Waals surface area (Å²) in [4.78, 5) is 66.3. The number of alkyl halides is 3. The molecule has 258 valence electrons. The third-order valence-corrected chi connectivity index (χ3v) is 9.68. The Kier molecular flexibility index (Phi) is 12.8. The molecule has 0 spiro atoms. The SMILES string of the molecule is CCOP(=O)(OCC)c1ccc(C2NC(=O)N([C@H](C(=O)Nc3nc(C(C)=O)cs3)[C@@H](C)c3ccccc3)C2=O)cc1.O=C(O)C(F)(F)F. The summed E-state index contributed by atoms with van der Waals surface area (Å²) in [5, 5.41) is 14.5. The van der Waals surface area contributed by atoms with Gasteiger partial charge in [-0.25, -0.2) is 19.5 Å². The van der Waals surface area contributed by atoms with Crippen molar-refractivity contribution in [1.29, 1.82) is 0 Å². The van der Waals surface area contributed by atoms with Gasteiger partial charge in [0.1, 0.15) is 17.8 Å². The van der Waals surface area contributed by atoms with E-state index in [-0.39, 0.29) is 29.8 Å². The molecule has 1 fully saturated rings. The van der Waals surface area contributed by atoms with Crippen molar-refractivity contribution >= 4 is 59.0 Å². The van der Waals surface area contributed by atoms with E-state index in [2.05, 4.69) is 15.6 Å². The Morgan fingerprint density at radius 1 is 1.06 bits per heavy atom. The van der Waals surface area contributed by atoms with Crippen LogP contribution in [0.4, 0.5) is 23.1 Å². The molecular weight excluding hydrogens is 680 g/mol. The number of anilines is 1. The Bertz CT molecular complexity index is 1680. The summed E-state index contributed by atoms with van der Waals surface area (Å²) < 4.78 is 55.6. The molecular formula is C30H32F3N4O9PS. The fraction of sp³-hybridized carbons (Fsp3) is 0.333. The first-order valence-corrected chi connectivity index (χ1v) is 16.7. The summed E-state index contributed by atoms with van der Waals surface area (Å²) in [6.45, 7) is 6.91. The number of halogens is 3. The van der Waals surface area contributed by atoms with Gasteiger partial charge in [-0.2, -0.15) is 13.2 Å². The highest BCUT2D eigenvalue weighted by molar-refractivity contribution is 7.62. The quantitative estimate of drug-likeness (QED) is 0.127. The number of ketones is 1. The molecule has 1 aliphatic heterocycles. The Morgan fingerprint density at radius 3 is 2.10 bits per heavy atom. The molecule has 18 heteroatoms. The van der Waals surface area contributed by atoms with Gasteiger partial charge < -0.3 is 24.8 Å². The molecule has 1 aliphatic rings. The molecule has 3 N–H and O–H groups in total. The van der Waals surface area contributed by atoms with Crippen molar-refractivity contribution in [3.05, 3.63) is 76.8 Å². The lowest BCUT2D eigenvalue weighted by molar-refractivity contribution is -0.192. The van der Waals surface area contributed by atoms with E-state index in [0.29, 0.717) is 10.9 Å². The van der Waals surface area contributed by atoms with Gasteiger partial charge in [-0.1, -0.05) is 49.4 Å². The van der Waals surface area contributed by atoms with Crippen LogP contribution in [0.25, 0.3) is 0 Å². The van der Waals surface area contributed by atoms with E-state index in [9.17, 15) is 36.9 Å². The van der Waals surface area contributed by atoms with Gasteiger partial charge in [0.15, 0.2) is 10.9 Å². The summed E-state index contributed by atoms with van der Waals surface area (Å²) in [5.41, 5.74) is 1.38. The minimum atomic E-state index is -5.08. The van der Waals surface area contributed by atoms with Crippen molar-refractivity contribution in [1.82, 2.24) is 15.2 Å². The number of amides is 4. The first kappa shape index (κ1) is 38.0. The minimum absolute atomic E-state index is 0.178. The molecule has 4 rings (SSSR count). The number of nitrogens with one attached hydrogen (secondary N) is 2. The fourth-order valence-electron chi connectivity index (χ4n) is 4.54. The molecule has 0 aliphatic carbocycles. The number of aliphatic carboxylic acids is 1. The second-order valence-electron chi connectivity index (χ2n) is 10.0. The Labute approximate surface area is 277 Å². The first-order valence-electron chi connectivity index (χ1n) is 14.3. The summed E-state index contributed by atoms with van der Waals surface area (Å²) in [7, 11) is -3.54. The summed E-state index contributed by atoms with van der Waals surface area (Å²) in [6, 6.07) is 12.2. The number of rotatable bonds is 12. The van der Waals surface area contributed by atoms with E-state index < -0.39 is 55.6 Å². The van der Waals surface area contributed by atoms with Crippen molar-refractivity contribution in [3.8, 4) is 0 Å². The van der Waals surface area contributed by atoms with Crippen molar-refractivity contribution in [2.24, 2.45) is 0 Å². The Balaban J connectivity index is 0.000000804. The predicted octanol–water partition coefficient (Wildman–Crippen LogP) is 5.27. The number of thiazole rings is 1. The zero-order chi connectivity index (χ0) is 35.8. The normalized spacial score (nSPS) is 16.0. The highest BCUT2D eigenvalue weighted by atomic mass is 32.1. The fourth-order valence-corrected chi connectivity index (χ4v) is 6.86. The average Bonchev–Trinajstić information content (AvgIpc) is 3.62. The second-order valence-corrected chi connectivity index (χ2v) is 12.9. The number of carbonyl (C=O) groups is 5. The van der Waals surface area contributed by atoms with Crippen LogP contribution in [0.1, 0.15) is 61.3 Å². The summed E-state index contributed by atoms with van der Waals surface area (Å²) in [6.07, 6.45) is -5.08. The lowest BCUT2D eigenvalue weighted by Crippen LogP contribution is -2.50. The highest BCUT2D eigenvalue weighted by Crippen LogP contribution is 2.47. The van der Waals surface area contributed by atoms with Crippen LogP contribution in [0.15, 0.2) is 60.0 Å². The van der Waals surface area contributed by atoms with Crippen molar-refractivity contribution < 1.29 is 55.9 Å². The summed E-state index contributed by atoms with van der Waals surface area (Å²) in [5.74, 6) is -4.83. The number of hydrogen-bond donors (Lipinski definition) is 3. The van der Waals surface area contributed by atoms with E-state index in [4.69, 9.17) is 18.9 Å². The van der Waals surface area contributed by atoms with Crippen molar-refractivity contribution in [2.45, 2.75) is 51.9 Å². The third-order valence-electron chi connectivity index (χ3n) is 6.80. The van der Waals surface area contributed by atoms with Gasteiger partial charge in [0, 0.05) is 18.2 Å². The maximum Gasteiger partial charge on any atom is 0.490 e. The molecule has 0 radical (unpaired) electrons. The number of carbonyl (C=O) groups excluding carboxylic acids is 4. The highest BCUT2D eigenvalue weighted by Gasteiger charge is 2.47.